The van der Waals surface area contributed by atoms with Gasteiger partial charge >= 0.3 is 11.7 Å². The minimum Gasteiger partial charge on any atom is -0.496 e. The van der Waals surface area contributed by atoms with E-state index in [1.165, 1.54) is 26.4 Å². The van der Waals surface area contributed by atoms with Crippen molar-refractivity contribution in [1.29, 1.82) is 0 Å². The van der Waals surface area contributed by atoms with Gasteiger partial charge in [0.15, 0.2) is 6.29 Å². The van der Waals surface area contributed by atoms with Gasteiger partial charge in [0.1, 0.15) is 17.1 Å². The molecule has 3 rings (SSSR count). The number of hydrogen-bond acceptors (Lipinski definition) is 8. The van der Waals surface area contributed by atoms with E-state index in [2.05, 4.69) is 0 Å². The standard InChI is InChI=1S/C19H19NO8/c1-24-15-5-3-6-16(25-2)17(15)18(21)28-14-8-7-12(11-13(14)20(22)23)19-26-9-4-10-27-19/h3,5-8,11,19H,4,9-10H2,1-2H3. The molecular weight excluding hydrogens is 370 g/mol. The lowest BCUT2D eigenvalue weighted by Gasteiger charge is -2.23. The van der Waals surface area contributed by atoms with Crippen LogP contribution >= 0.6 is 0 Å². The molecule has 0 bridgehead atoms. The average Bonchev–Trinajstić information content (AvgIpc) is 2.73. The van der Waals surface area contributed by atoms with Crippen LogP contribution in [0.15, 0.2) is 36.4 Å². The molecular formula is C19H19NO8. The van der Waals surface area contributed by atoms with Gasteiger partial charge in [-0.2, -0.15) is 0 Å². The Morgan fingerprint density at radius 1 is 1.07 bits per heavy atom. The van der Waals surface area contributed by atoms with Crippen LogP contribution in [0.4, 0.5) is 5.69 Å². The Balaban J connectivity index is 1.92. The molecule has 0 unspecified atom stereocenters. The van der Waals surface area contributed by atoms with Gasteiger partial charge in [-0.25, -0.2) is 4.79 Å². The first kappa shape index (κ1) is 19.6. The van der Waals surface area contributed by atoms with Crippen LogP contribution in [0.3, 0.4) is 0 Å². The fourth-order valence-electron chi connectivity index (χ4n) is 2.79. The molecule has 28 heavy (non-hydrogen) atoms. The first-order valence-electron chi connectivity index (χ1n) is 8.50. The molecule has 0 N–H and O–H groups in total. The molecule has 2 aromatic carbocycles. The number of carbonyl (C=O) groups excluding carboxylic acids is 1. The first-order valence-corrected chi connectivity index (χ1v) is 8.50. The van der Waals surface area contributed by atoms with Crippen LogP contribution in [0, 0.1) is 10.1 Å². The van der Waals surface area contributed by atoms with Gasteiger partial charge in [0.2, 0.25) is 5.75 Å². The van der Waals surface area contributed by atoms with Crippen LogP contribution in [0.1, 0.15) is 28.6 Å². The highest BCUT2D eigenvalue weighted by molar-refractivity contribution is 5.97. The average molecular weight is 389 g/mol. The third-order valence-corrected chi connectivity index (χ3v) is 4.11. The lowest BCUT2D eigenvalue weighted by atomic mass is 10.1. The van der Waals surface area contributed by atoms with Gasteiger partial charge in [0.05, 0.1) is 32.4 Å². The Morgan fingerprint density at radius 3 is 2.29 bits per heavy atom. The van der Waals surface area contributed by atoms with Crippen molar-refractivity contribution in [1.82, 2.24) is 0 Å². The van der Waals surface area contributed by atoms with E-state index < -0.39 is 17.2 Å². The van der Waals surface area contributed by atoms with Gasteiger partial charge in [0.25, 0.3) is 0 Å². The Morgan fingerprint density at radius 2 is 1.71 bits per heavy atom. The summed E-state index contributed by atoms with van der Waals surface area (Å²) in [5.41, 5.74) is 0.128. The molecule has 1 heterocycles. The van der Waals surface area contributed by atoms with Gasteiger partial charge in [-0.3, -0.25) is 10.1 Å². The van der Waals surface area contributed by atoms with Crippen molar-refractivity contribution in [2.45, 2.75) is 12.7 Å². The smallest absolute Gasteiger partial charge is 0.351 e. The number of carbonyl (C=O) groups is 1. The molecule has 1 saturated heterocycles. The van der Waals surface area contributed by atoms with Crippen molar-refractivity contribution in [3.05, 3.63) is 57.6 Å². The zero-order chi connectivity index (χ0) is 20.1. The summed E-state index contributed by atoms with van der Waals surface area (Å²) in [5.74, 6) is -0.585. The van der Waals surface area contributed by atoms with Crippen molar-refractivity contribution in [3.63, 3.8) is 0 Å². The van der Waals surface area contributed by atoms with Crippen LogP contribution < -0.4 is 14.2 Å². The fraction of sp³-hybridized carbons (Fsp3) is 0.316. The zero-order valence-electron chi connectivity index (χ0n) is 15.4. The van der Waals surface area contributed by atoms with Crippen molar-refractivity contribution in [2.24, 2.45) is 0 Å². The summed E-state index contributed by atoms with van der Waals surface area (Å²) in [5, 5.41) is 11.5. The number of esters is 1. The molecule has 2 aromatic rings. The first-order chi connectivity index (χ1) is 13.5. The summed E-state index contributed by atoms with van der Waals surface area (Å²) in [6.07, 6.45) is 0.0705. The maximum absolute atomic E-state index is 12.7. The number of nitro benzene ring substituents is 1. The minimum atomic E-state index is -0.838. The van der Waals surface area contributed by atoms with E-state index >= 15 is 0 Å². The van der Waals surface area contributed by atoms with E-state index in [1.807, 2.05) is 0 Å². The lowest BCUT2D eigenvalue weighted by molar-refractivity contribution is -0.385. The second kappa shape index (κ2) is 8.68. The molecule has 148 valence electrons. The lowest BCUT2D eigenvalue weighted by Crippen LogP contribution is -2.18. The van der Waals surface area contributed by atoms with Gasteiger partial charge in [0, 0.05) is 11.6 Å². The van der Waals surface area contributed by atoms with Crippen molar-refractivity contribution in [2.75, 3.05) is 27.4 Å². The maximum Gasteiger partial charge on any atom is 0.351 e. The molecule has 9 heteroatoms. The third-order valence-electron chi connectivity index (χ3n) is 4.11. The SMILES string of the molecule is COc1cccc(OC)c1C(=O)Oc1ccc(C2OCCCO2)cc1[N+](=O)[O-]. The molecule has 1 aliphatic rings. The highest BCUT2D eigenvalue weighted by Crippen LogP contribution is 2.35. The van der Waals surface area contributed by atoms with Crippen molar-refractivity contribution in [3.8, 4) is 17.2 Å². The number of nitrogens with zero attached hydrogens (tertiary/aromatic N) is 1. The predicted molar refractivity (Wildman–Crippen MR) is 96.9 cm³/mol. The quantitative estimate of drug-likeness (QED) is 0.321. The summed E-state index contributed by atoms with van der Waals surface area (Å²) in [6.45, 7) is 1.01. The Hall–Kier alpha value is -3.17. The number of methoxy groups -OCH3 is 2. The maximum atomic E-state index is 12.7. The zero-order valence-corrected chi connectivity index (χ0v) is 15.4. The topological polar surface area (TPSA) is 106 Å². The summed E-state index contributed by atoms with van der Waals surface area (Å²) in [6, 6.07) is 8.95. The van der Waals surface area contributed by atoms with E-state index in [0.717, 1.165) is 6.42 Å². The second-order valence-corrected chi connectivity index (χ2v) is 5.84. The van der Waals surface area contributed by atoms with Crippen LogP contribution in [-0.4, -0.2) is 38.3 Å². The van der Waals surface area contributed by atoms with Crippen LogP contribution in [0.25, 0.3) is 0 Å². The molecule has 1 aliphatic heterocycles. The monoisotopic (exact) mass is 389 g/mol. The normalized spacial score (nSPS) is 14.4. The van der Waals surface area contributed by atoms with Gasteiger partial charge in [-0.1, -0.05) is 6.07 Å². The fourth-order valence-corrected chi connectivity index (χ4v) is 2.79. The molecule has 0 spiro atoms. The van der Waals surface area contributed by atoms with Crippen molar-refractivity contribution >= 4 is 11.7 Å². The number of ether oxygens (including phenoxy) is 5. The Bertz CT molecular complexity index is 854. The molecule has 0 amide bonds. The number of rotatable bonds is 6. The van der Waals surface area contributed by atoms with E-state index in [1.54, 1.807) is 24.3 Å². The molecule has 0 aromatic heterocycles. The molecule has 0 atom stereocenters. The molecule has 1 fully saturated rings. The third kappa shape index (κ3) is 4.05. The van der Waals surface area contributed by atoms with Crippen molar-refractivity contribution < 1.29 is 33.4 Å². The highest BCUT2D eigenvalue weighted by Gasteiger charge is 2.26. The highest BCUT2D eigenvalue weighted by atomic mass is 16.7. The van der Waals surface area contributed by atoms with E-state index in [4.69, 9.17) is 23.7 Å². The Labute approximate surface area is 160 Å². The summed E-state index contributed by atoms with van der Waals surface area (Å²) < 4.78 is 26.6. The molecule has 0 aliphatic carbocycles. The summed E-state index contributed by atoms with van der Waals surface area (Å²) >= 11 is 0. The van der Waals surface area contributed by atoms with E-state index in [9.17, 15) is 14.9 Å². The van der Waals surface area contributed by atoms with E-state index in [-0.39, 0.29) is 28.5 Å². The molecule has 0 radical (unpaired) electrons. The van der Waals surface area contributed by atoms with Crippen LogP contribution in [0.2, 0.25) is 0 Å². The van der Waals surface area contributed by atoms with Crippen LogP contribution in [-0.2, 0) is 9.47 Å². The number of hydrogen-bond donors (Lipinski definition) is 0. The Kier molecular flexibility index (Phi) is 6.07. The second-order valence-electron chi connectivity index (χ2n) is 5.84. The number of nitro groups is 1. The largest absolute Gasteiger partial charge is 0.496 e. The molecule has 9 nitrogen and oxygen atoms in total. The predicted octanol–water partition coefficient (Wildman–Crippen LogP) is 3.27. The summed E-state index contributed by atoms with van der Waals surface area (Å²) in [7, 11) is 2.79. The van der Waals surface area contributed by atoms with Gasteiger partial charge in [-0.05, 0) is 30.7 Å². The summed E-state index contributed by atoms with van der Waals surface area (Å²) in [4.78, 5) is 23.6. The number of benzene rings is 2. The van der Waals surface area contributed by atoms with E-state index in [0.29, 0.717) is 18.8 Å². The van der Waals surface area contributed by atoms with Gasteiger partial charge in [-0.15, -0.1) is 0 Å². The van der Waals surface area contributed by atoms with Crippen LogP contribution in [0.5, 0.6) is 17.2 Å². The minimum absolute atomic E-state index is 0.0322. The van der Waals surface area contributed by atoms with Gasteiger partial charge < -0.3 is 23.7 Å². The molecule has 0 saturated carbocycles.